The minimum Gasteiger partial charge on any atom is -0.493 e. The summed E-state index contributed by atoms with van der Waals surface area (Å²) < 4.78 is 15.9. The Labute approximate surface area is 130 Å². The summed E-state index contributed by atoms with van der Waals surface area (Å²) >= 11 is 0. The zero-order chi connectivity index (χ0) is 15.9. The molecule has 0 radical (unpaired) electrons. The first kappa shape index (κ1) is 15.4. The van der Waals surface area contributed by atoms with Crippen molar-refractivity contribution in [3.05, 3.63) is 53.1 Å². The lowest BCUT2D eigenvalue weighted by molar-refractivity contribution is 0.324. The maximum absolute atomic E-state index is 5.33. The second-order valence-electron chi connectivity index (χ2n) is 4.39. The van der Waals surface area contributed by atoms with Crippen LogP contribution >= 0.6 is 0 Å². The largest absolute Gasteiger partial charge is 0.493 e. The molecule has 0 atom stereocenters. The van der Waals surface area contributed by atoms with Crippen molar-refractivity contribution in [2.24, 2.45) is 0 Å². The lowest BCUT2D eigenvalue weighted by Gasteiger charge is -2.12. The van der Waals surface area contributed by atoms with Gasteiger partial charge in [0.05, 0.1) is 21.3 Å². The van der Waals surface area contributed by atoms with Crippen molar-refractivity contribution in [1.82, 2.24) is 0 Å². The summed E-state index contributed by atoms with van der Waals surface area (Å²) in [7, 11) is 4.72. The SMILES string of the molecule is C#Cc1ccc(C#Cc2cc(OC)c(OC)c(OC)c2)cc1. The van der Waals surface area contributed by atoms with Gasteiger partial charge in [-0.05, 0) is 36.4 Å². The molecule has 0 aromatic heterocycles. The Morgan fingerprint density at radius 1 is 0.727 bits per heavy atom. The lowest BCUT2D eigenvalue weighted by atomic mass is 10.1. The number of rotatable bonds is 3. The fourth-order valence-corrected chi connectivity index (χ4v) is 1.95. The van der Waals surface area contributed by atoms with Crippen LogP contribution in [-0.2, 0) is 0 Å². The first-order valence-corrected chi connectivity index (χ1v) is 6.60. The van der Waals surface area contributed by atoms with Crippen LogP contribution in [-0.4, -0.2) is 21.3 Å². The van der Waals surface area contributed by atoms with E-state index in [2.05, 4.69) is 17.8 Å². The van der Waals surface area contributed by atoms with Gasteiger partial charge in [-0.1, -0.05) is 17.8 Å². The van der Waals surface area contributed by atoms with Crippen molar-refractivity contribution in [2.45, 2.75) is 0 Å². The van der Waals surface area contributed by atoms with E-state index in [1.165, 1.54) is 0 Å². The van der Waals surface area contributed by atoms with E-state index in [9.17, 15) is 0 Å². The van der Waals surface area contributed by atoms with Gasteiger partial charge in [0, 0.05) is 16.7 Å². The summed E-state index contributed by atoms with van der Waals surface area (Å²) in [6, 6.07) is 11.1. The summed E-state index contributed by atoms with van der Waals surface area (Å²) in [6.45, 7) is 0. The molecular weight excluding hydrogens is 276 g/mol. The maximum atomic E-state index is 5.33. The molecule has 3 heteroatoms. The number of benzene rings is 2. The Kier molecular flexibility index (Phi) is 4.96. The Bertz CT molecular complexity index is 731. The van der Waals surface area contributed by atoms with Gasteiger partial charge in [-0.2, -0.15) is 0 Å². The zero-order valence-corrected chi connectivity index (χ0v) is 12.8. The third kappa shape index (κ3) is 3.34. The molecule has 0 aliphatic rings. The molecule has 2 aromatic rings. The van der Waals surface area contributed by atoms with Gasteiger partial charge >= 0.3 is 0 Å². The highest BCUT2D eigenvalue weighted by Gasteiger charge is 2.12. The van der Waals surface area contributed by atoms with Gasteiger partial charge in [0.2, 0.25) is 5.75 Å². The van der Waals surface area contributed by atoms with E-state index in [-0.39, 0.29) is 0 Å². The number of ether oxygens (including phenoxy) is 3. The predicted molar refractivity (Wildman–Crippen MR) is 86.5 cm³/mol. The maximum Gasteiger partial charge on any atom is 0.203 e. The lowest BCUT2D eigenvalue weighted by Crippen LogP contribution is -1.95. The molecule has 2 rings (SSSR count). The van der Waals surface area contributed by atoms with Gasteiger partial charge in [-0.3, -0.25) is 0 Å². The second kappa shape index (κ2) is 7.11. The van der Waals surface area contributed by atoms with Crippen molar-refractivity contribution < 1.29 is 14.2 Å². The summed E-state index contributed by atoms with van der Waals surface area (Å²) in [4.78, 5) is 0. The van der Waals surface area contributed by atoms with Crippen LogP contribution in [0.1, 0.15) is 16.7 Å². The Morgan fingerprint density at radius 2 is 1.23 bits per heavy atom. The highest BCUT2D eigenvalue weighted by molar-refractivity contribution is 5.58. The third-order valence-electron chi connectivity index (χ3n) is 3.07. The molecule has 0 fully saturated rings. The van der Waals surface area contributed by atoms with Crippen LogP contribution in [0.25, 0.3) is 0 Å². The Morgan fingerprint density at radius 3 is 1.68 bits per heavy atom. The Balaban J connectivity index is 2.37. The highest BCUT2D eigenvalue weighted by Crippen LogP contribution is 2.37. The van der Waals surface area contributed by atoms with Crippen LogP contribution in [0.15, 0.2) is 36.4 Å². The minimum absolute atomic E-state index is 0.550. The van der Waals surface area contributed by atoms with Gasteiger partial charge in [0.1, 0.15) is 0 Å². The van der Waals surface area contributed by atoms with Gasteiger partial charge in [0.25, 0.3) is 0 Å². The van der Waals surface area contributed by atoms with Crippen molar-refractivity contribution in [1.29, 1.82) is 0 Å². The molecule has 0 aliphatic heterocycles. The van der Waals surface area contributed by atoms with Crippen LogP contribution in [0.5, 0.6) is 17.2 Å². The Hall–Kier alpha value is -3.04. The van der Waals surface area contributed by atoms with E-state index in [4.69, 9.17) is 20.6 Å². The second-order valence-corrected chi connectivity index (χ2v) is 4.39. The zero-order valence-electron chi connectivity index (χ0n) is 12.8. The molecule has 0 aliphatic carbocycles. The van der Waals surface area contributed by atoms with Crippen molar-refractivity contribution in [2.75, 3.05) is 21.3 Å². The molecule has 2 aromatic carbocycles. The van der Waals surface area contributed by atoms with Crippen molar-refractivity contribution >= 4 is 0 Å². The quantitative estimate of drug-likeness (QED) is 0.814. The number of methoxy groups -OCH3 is 3. The monoisotopic (exact) mass is 292 g/mol. The van der Waals surface area contributed by atoms with Crippen LogP contribution in [0.2, 0.25) is 0 Å². The molecule has 0 spiro atoms. The molecule has 0 saturated carbocycles. The standard InChI is InChI=1S/C19H16O3/c1-5-14-6-8-15(9-7-14)10-11-16-12-17(20-2)19(22-4)18(13-16)21-3/h1,6-9,12-13H,2-4H3. The molecular formula is C19H16O3. The number of terminal acetylenes is 1. The fraction of sp³-hybridized carbons (Fsp3) is 0.158. The van der Waals surface area contributed by atoms with E-state index < -0.39 is 0 Å². The first-order valence-electron chi connectivity index (χ1n) is 6.60. The van der Waals surface area contributed by atoms with Gasteiger partial charge in [0.15, 0.2) is 11.5 Å². The van der Waals surface area contributed by atoms with E-state index in [1.807, 2.05) is 36.4 Å². The molecule has 0 heterocycles. The molecule has 3 nitrogen and oxygen atoms in total. The van der Waals surface area contributed by atoms with E-state index in [0.29, 0.717) is 17.2 Å². The van der Waals surface area contributed by atoms with E-state index in [0.717, 1.165) is 16.7 Å². The van der Waals surface area contributed by atoms with Crippen LogP contribution < -0.4 is 14.2 Å². The van der Waals surface area contributed by atoms with E-state index >= 15 is 0 Å². The molecule has 0 amide bonds. The summed E-state index contributed by atoms with van der Waals surface area (Å²) in [5, 5.41) is 0. The van der Waals surface area contributed by atoms with Crippen LogP contribution in [0.4, 0.5) is 0 Å². The highest BCUT2D eigenvalue weighted by atomic mass is 16.5. The van der Waals surface area contributed by atoms with Crippen molar-refractivity contribution in [3.63, 3.8) is 0 Å². The molecule has 110 valence electrons. The topological polar surface area (TPSA) is 27.7 Å². The van der Waals surface area contributed by atoms with E-state index in [1.54, 1.807) is 21.3 Å². The van der Waals surface area contributed by atoms with Crippen molar-refractivity contribution in [3.8, 4) is 41.4 Å². The number of hydrogen-bond acceptors (Lipinski definition) is 3. The predicted octanol–water partition coefficient (Wildman–Crippen LogP) is 3.09. The normalized spacial score (nSPS) is 9.18. The third-order valence-corrected chi connectivity index (χ3v) is 3.07. The first-order chi connectivity index (χ1) is 10.7. The molecule has 0 saturated heterocycles. The molecule has 0 N–H and O–H groups in total. The van der Waals surface area contributed by atoms with Crippen LogP contribution in [0.3, 0.4) is 0 Å². The average molecular weight is 292 g/mol. The summed E-state index contributed by atoms with van der Waals surface area (Å²) in [5.41, 5.74) is 2.49. The average Bonchev–Trinajstić information content (AvgIpc) is 2.59. The van der Waals surface area contributed by atoms with Gasteiger partial charge in [-0.15, -0.1) is 6.42 Å². The van der Waals surface area contributed by atoms with Gasteiger partial charge in [-0.25, -0.2) is 0 Å². The minimum atomic E-state index is 0.550. The molecule has 0 unspecified atom stereocenters. The van der Waals surface area contributed by atoms with Crippen LogP contribution in [0, 0.1) is 24.2 Å². The smallest absolute Gasteiger partial charge is 0.203 e. The molecule has 22 heavy (non-hydrogen) atoms. The molecule has 0 bridgehead atoms. The summed E-state index contributed by atoms with van der Waals surface area (Å²) in [6.07, 6.45) is 5.33. The fourth-order valence-electron chi connectivity index (χ4n) is 1.95. The number of hydrogen-bond donors (Lipinski definition) is 0. The van der Waals surface area contributed by atoms with Gasteiger partial charge < -0.3 is 14.2 Å². The summed E-state index contributed by atoms with van der Waals surface area (Å²) in [5.74, 6) is 10.4.